The van der Waals surface area contributed by atoms with Gasteiger partial charge in [0.1, 0.15) is 0 Å². The van der Waals surface area contributed by atoms with E-state index in [9.17, 15) is 9.90 Å². The fraction of sp³-hybridized carbons (Fsp3) is 0.364. The van der Waals surface area contributed by atoms with Crippen molar-refractivity contribution < 1.29 is 9.90 Å². The van der Waals surface area contributed by atoms with E-state index in [0.717, 1.165) is 0 Å². The van der Waals surface area contributed by atoms with Gasteiger partial charge in [-0.05, 0) is 19.1 Å². The van der Waals surface area contributed by atoms with Crippen molar-refractivity contribution in [3.05, 3.63) is 23.8 Å². The van der Waals surface area contributed by atoms with Crippen molar-refractivity contribution >= 4 is 17.3 Å². The number of nitrogens with zero attached hydrogens (tertiary/aromatic N) is 1. The molecule has 1 aromatic carbocycles. The summed E-state index contributed by atoms with van der Waals surface area (Å²) in [7, 11) is 1.79. The maximum absolute atomic E-state index is 11.1. The second-order valence-corrected chi connectivity index (χ2v) is 3.83. The molecule has 1 atom stereocenters. The van der Waals surface area contributed by atoms with Gasteiger partial charge in [0.05, 0.1) is 23.0 Å². The minimum atomic E-state index is -0.551. The van der Waals surface area contributed by atoms with Crippen LogP contribution in [0.25, 0.3) is 0 Å². The number of nitrogen functional groups attached to an aromatic ring is 1. The lowest BCUT2D eigenvalue weighted by atomic mass is 10.1. The monoisotopic (exact) mass is 223 g/mol. The molecule has 1 amide bonds. The van der Waals surface area contributed by atoms with Crippen LogP contribution in [0.1, 0.15) is 17.3 Å². The van der Waals surface area contributed by atoms with E-state index in [2.05, 4.69) is 0 Å². The second kappa shape index (κ2) is 4.85. The quantitative estimate of drug-likeness (QED) is 0.635. The average molecular weight is 223 g/mol. The molecule has 5 heteroatoms. The lowest BCUT2D eigenvalue weighted by Gasteiger charge is -2.23. The van der Waals surface area contributed by atoms with Gasteiger partial charge in [-0.1, -0.05) is 6.07 Å². The number of rotatable bonds is 4. The number of primary amides is 1. The lowest BCUT2D eigenvalue weighted by molar-refractivity contribution is 0.100. The standard InChI is InChI=1S/C11H17N3O2/c1-7(15)6-14(2)9-5-3-4-8(10(9)12)11(13)16/h3-5,7,15H,6,12H2,1-2H3,(H2,13,16). The molecule has 5 N–H and O–H groups in total. The van der Waals surface area contributed by atoms with E-state index < -0.39 is 12.0 Å². The summed E-state index contributed by atoms with van der Waals surface area (Å²) in [4.78, 5) is 12.9. The molecule has 1 rings (SSSR count). The molecule has 0 radical (unpaired) electrons. The fourth-order valence-corrected chi connectivity index (χ4v) is 1.60. The van der Waals surface area contributed by atoms with Gasteiger partial charge in [0, 0.05) is 13.6 Å². The van der Waals surface area contributed by atoms with Crippen LogP contribution in [0.2, 0.25) is 0 Å². The van der Waals surface area contributed by atoms with Crippen LogP contribution in [0.5, 0.6) is 0 Å². The van der Waals surface area contributed by atoms with Gasteiger partial charge < -0.3 is 21.5 Å². The second-order valence-electron chi connectivity index (χ2n) is 3.83. The molecular weight excluding hydrogens is 206 g/mol. The number of anilines is 2. The largest absolute Gasteiger partial charge is 0.396 e. The zero-order valence-electron chi connectivity index (χ0n) is 9.47. The minimum Gasteiger partial charge on any atom is -0.396 e. The molecular formula is C11H17N3O2. The molecule has 1 aromatic rings. The summed E-state index contributed by atoms with van der Waals surface area (Å²) < 4.78 is 0. The Morgan fingerprint density at radius 2 is 2.19 bits per heavy atom. The predicted molar refractivity (Wildman–Crippen MR) is 64.3 cm³/mol. The average Bonchev–Trinajstić information content (AvgIpc) is 2.16. The Kier molecular flexibility index (Phi) is 3.73. The molecule has 16 heavy (non-hydrogen) atoms. The molecule has 0 aliphatic heterocycles. The van der Waals surface area contributed by atoms with Crippen molar-refractivity contribution in [1.82, 2.24) is 0 Å². The lowest BCUT2D eigenvalue weighted by Crippen LogP contribution is -2.28. The highest BCUT2D eigenvalue weighted by molar-refractivity contribution is 6.00. The number of hydrogen-bond acceptors (Lipinski definition) is 4. The van der Waals surface area contributed by atoms with Gasteiger partial charge in [-0.3, -0.25) is 4.79 Å². The third kappa shape index (κ3) is 2.64. The number of para-hydroxylation sites is 1. The van der Waals surface area contributed by atoms with Gasteiger partial charge in [-0.25, -0.2) is 0 Å². The van der Waals surface area contributed by atoms with Crippen molar-refractivity contribution in [2.45, 2.75) is 13.0 Å². The fourth-order valence-electron chi connectivity index (χ4n) is 1.60. The van der Waals surface area contributed by atoms with Gasteiger partial charge >= 0.3 is 0 Å². The first-order chi connectivity index (χ1) is 7.43. The molecule has 0 saturated carbocycles. The van der Waals surface area contributed by atoms with Crippen molar-refractivity contribution in [3.63, 3.8) is 0 Å². The summed E-state index contributed by atoms with van der Waals surface area (Å²) in [6.07, 6.45) is -0.471. The van der Waals surface area contributed by atoms with Gasteiger partial charge in [0.25, 0.3) is 5.91 Å². The van der Waals surface area contributed by atoms with Crippen LogP contribution in [-0.2, 0) is 0 Å². The van der Waals surface area contributed by atoms with Gasteiger partial charge in [-0.15, -0.1) is 0 Å². The van der Waals surface area contributed by atoms with Crippen LogP contribution < -0.4 is 16.4 Å². The topological polar surface area (TPSA) is 92.6 Å². The summed E-state index contributed by atoms with van der Waals surface area (Å²) in [6, 6.07) is 5.08. The first-order valence-electron chi connectivity index (χ1n) is 5.01. The first-order valence-corrected chi connectivity index (χ1v) is 5.01. The highest BCUT2D eigenvalue weighted by Crippen LogP contribution is 2.25. The van der Waals surface area contributed by atoms with Crippen LogP contribution in [0, 0.1) is 0 Å². The number of aliphatic hydroxyl groups excluding tert-OH is 1. The SMILES string of the molecule is CC(O)CN(C)c1cccc(C(N)=O)c1N. The van der Waals surface area contributed by atoms with E-state index >= 15 is 0 Å². The Morgan fingerprint density at radius 3 is 2.69 bits per heavy atom. The molecule has 0 aliphatic carbocycles. The van der Waals surface area contributed by atoms with E-state index in [1.165, 1.54) is 0 Å². The third-order valence-corrected chi connectivity index (χ3v) is 2.30. The van der Waals surface area contributed by atoms with Gasteiger partial charge in [0.15, 0.2) is 0 Å². The molecule has 0 saturated heterocycles. The zero-order chi connectivity index (χ0) is 12.3. The van der Waals surface area contributed by atoms with Crippen LogP contribution in [-0.4, -0.2) is 30.7 Å². The van der Waals surface area contributed by atoms with Crippen LogP contribution in [0.4, 0.5) is 11.4 Å². The van der Waals surface area contributed by atoms with Gasteiger partial charge in [-0.2, -0.15) is 0 Å². The molecule has 0 spiro atoms. The highest BCUT2D eigenvalue weighted by atomic mass is 16.3. The summed E-state index contributed by atoms with van der Waals surface area (Å²) in [6.45, 7) is 2.12. The first kappa shape index (κ1) is 12.3. The van der Waals surface area contributed by atoms with Crippen molar-refractivity contribution in [3.8, 4) is 0 Å². The molecule has 0 bridgehead atoms. The molecule has 0 heterocycles. The van der Waals surface area contributed by atoms with Gasteiger partial charge in [0.2, 0.25) is 0 Å². The number of aliphatic hydroxyl groups is 1. The maximum atomic E-state index is 11.1. The highest BCUT2D eigenvalue weighted by Gasteiger charge is 2.13. The number of carbonyl (C=O) groups excluding carboxylic acids is 1. The normalized spacial score (nSPS) is 12.2. The Hall–Kier alpha value is -1.75. The Balaban J connectivity index is 3.05. The molecule has 0 aliphatic rings. The van der Waals surface area contributed by atoms with E-state index in [4.69, 9.17) is 11.5 Å². The molecule has 0 fully saturated rings. The van der Waals surface area contributed by atoms with Crippen LogP contribution >= 0.6 is 0 Å². The summed E-state index contributed by atoms with van der Waals surface area (Å²) in [5, 5.41) is 9.28. The van der Waals surface area contributed by atoms with E-state index in [-0.39, 0.29) is 0 Å². The minimum absolute atomic E-state index is 0.301. The van der Waals surface area contributed by atoms with E-state index in [0.29, 0.717) is 23.5 Å². The van der Waals surface area contributed by atoms with E-state index in [1.807, 2.05) is 0 Å². The Bertz CT molecular complexity index is 391. The number of nitrogens with two attached hydrogens (primary N) is 2. The number of benzene rings is 1. The van der Waals surface area contributed by atoms with E-state index in [1.54, 1.807) is 37.1 Å². The van der Waals surface area contributed by atoms with Crippen LogP contribution in [0.15, 0.2) is 18.2 Å². The summed E-state index contributed by atoms with van der Waals surface area (Å²) in [5.41, 5.74) is 12.4. The molecule has 88 valence electrons. The van der Waals surface area contributed by atoms with Crippen molar-refractivity contribution in [2.24, 2.45) is 5.73 Å². The molecule has 5 nitrogen and oxygen atoms in total. The Labute approximate surface area is 94.7 Å². The summed E-state index contributed by atoms with van der Waals surface area (Å²) >= 11 is 0. The number of likely N-dealkylation sites (N-methyl/N-ethyl adjacent to an activating group) is 1. The zero-order valence-corrected chi connectivity index (χ0v) is 9.47. The molecule has 0 aromatic heterocycles. The smallest absolute Gasteiger partial charge is 0.250 e. The third-order valence-electron chi connectivity index (χ3n) is 2.30. The molecule has 1 unspecified atom stereocenters. The number of hydrogen-bond donors (Lipinski definition) is 3. The maximum Gasteiger partial charge on any atom is 0.250 e. The summed E-state index contributed by atoms with van der Waals surface area (Å²) in [5.74, 6) is -0.551. The number of amides is 1. The predicted octanol–water partition coefficient (Wildman–Crippen LogP) is 0.185. The van der Waals surface area contributed by atoms with Crippen molar-refractivity contribution in [1.29, 1.82) is 0 Å². The van der Waals surface area contributed by atoms with Crippen LogP contribution in [0.3, 0.4) is 0 Å². The number of carbonyl (C=O) groups is 1. The van der Waals surface area contributed by atoms with Crippen molar-refractivity contribution in [2.75, 3.05) is 24.2 Å². The Morgan fingerprint density at radius 1 is 1.56 bits per heavy atom.